The monoisotopic (exact) mass is 124 g/mol. The van der Waals surface area contributed by atoms with Gasteiger partial charge >= 0.3 is 0 Å². The number of rotatable bonds is 2. The molecule has 0 aromatic carbocycles. The summed E-state index contributed by atoms with van der Waals surface area (Å²) in [4.78, 5) is 10.3. The van der Waals surface area contributed by atoms with Gasteiger partial charge in [-0.25, -0.2) is 0 Å². The van der Waals surface area contributed by atoms with Crippen LogP contribution in [0.3, 0.4) is 0 Å². The molecular formula is C6H8N2O. The molecule has 3 nitrogen and oxygen atoms in total. The molecule has 0 heterocycles. The van der Waals surface area contributed by atoms with Gasteiger partial charge < -0.3 is 5.73 Å². The maximum atomic E-state index is 10.3. The van der Waals surface area contributed by atoms with Crippen LogP contribution >= 0.6 is 0 Å². The number of nitrogens with zero attached hydrogens (tertiary/aromatic N) is 1. The quantitative estimate of drug-likeness (QED) is 0.426. The van der Waals surface area contributed by atoms with Crippen LogP contribution in [0.15, 0.2) is 11.6 Å². The molecule has 0 radical (unpaired) electrons. The first-order valence-corrected chi connectivity index (χ1v) is 2.62. The fourth-order valence-electron chi connectivity index (χ4n) is 0.405. The second kappa shape index (κ2) is 3.67. The fourth-order valence-corrected chi connectivity index (χ4v) is 0.405. The van der Waals surface area contributed by atoms with E-state index in [0.717, 1.165) is 0 Å². The van der Waals surface area contributed by atoms with E-state index in [1.54, 1.807) is 6.07 Å². The van der Waals surface area contributed by atoms with Crippen LogP contribution in [-0.2, 0) is 4.79 Å². The number of nitrogens with two attached hydrogens (primary N) is 1. The molecule has 48 valence electrons. The molecule has 2 N–H and O–H groups in total. The Kier molecular flexibility index (Phi) is 3.14. The molecule has 9 heavy (non-hydrogen) atoms. The van der Waals surface area contributed by atoms with Crippen molar-refractivity contribution in [3.05, 3.63) is 11.6 Å². The smallest absolute Gasteiger partial charge is 0.259 e. The molecule has 0 atom stereocenters. The first kappa shape index (κ1) is 7.70. The molecule has 1 amide bonds. The first-order chi connectivity index (χ1) is 4.22. The Labute approximate surface area is 53.8 Å². The molecule has 3 heteroatoms. The third kappa shape index (κ3) is 2.50. The van der Waals surface area contributed by atoms with E-state index in [9.17, 15) is 4.79 Å². The summed E-state index contributed by atoms with van der Waals surface area (Å²) < 4.78 is 0. The van der Waals surface area contributed by atoms with Gasteiger partial charge in [0.2, 0.25) is 0 Å². The molecule has 0 aliphatic rings. The van der Waals surface area contributed by atoms with E-state index in [1.165, 1.54) is 6.08 Å². The van der Waals surface area contributed by atoms with Crippen molar-refractivity contribution in [3.63, 3.8) is 0 Å². The van der Waals surface area contributed by atoms with Gasteiger partial charge in [-0.15, -0.1) is 0 Å². The lowest BCUT2D eigenvalue weighted by Gasteiger charge is -1.85. The van der Waals surface area contributed by atoms with Crippen LogP contribution < -0.4 is 5.73 Å². The van der Waals surface area contributed by atoms with Crippen LogP contribution in [0.4, 0.5) is 0 Å². The maximum Gasteiger partial charge on any atom is 0.259 e. The molecular weight excluding hydrogens is 116 g/mol. The van der Waals surface area contributed by atoms with E-state index in [-0.39, 0.29) is 5.57 Å². The standard InChI is InChI=1S/C6H8N2O/c1-2-3-5(4-7)6(8)9/h3H,2H2,1H3,(H2,8,9)/b5-3-. The second-order valence-electron chi connectivity index (χ2n) is 1.50. The van der Waals surface area contributed by atoms with Crippen LogP contribution in [0.25, 0.3) is 0 Å². The molecule has 0 unspecified atom stereocenters. The highest BCUT2D eigenvalue weighted by Gasteiger charge is 1.99. The number of carbonyl (C=O) groups excluding carboxylic acids is 1. The summed E-state index contributed by atoms with van der Waals surface area (Å²) in [6, 6.07) is 1.69. The van der Waals surface area contributed by atoms with Crippen LogP contribution in [-0.4, -0.2) is 5.91 Å². The van der Waals surface area contributed by atoms with E-state index in [0.29, 0.717) is 6.42 Å². The molecule has 0 rings (SSSR count). The Morgan fingerprint density at radius 1 is 1.89 bits per heavy atom. The number of carbonyl (C=O) groups is 1. The number of amides is 1. The van der Waals surface area contributed by atoms with Gasteiger partial charge in [0, 0.05) is 0 Å². The van der Waals surface area contributed by atoms with Crippen molar-refractivity contribution in [1.29, 1.82) is 5.26 Å². The summed E-state index contributed by atoms with van der Waals surface area (Å²) in [6.45, 7) is 1.83. The molecule has 0 fully saturated rings. The van der Waals surface area contributed by atoms with E-state index in [4.69, 9.17) is 11.0 Å². The summed E-state index contributed by atoms with van der Waals surface area (Å²) in [5.41, 5.74) is 4.84. The zero-order valence-corrected chi connectivity index (χ0v) is 5.22. The van der Waals surface area contributed by atoms with Crippen molar-refractivity contribution in [2.75, 3.05) is 0 Å². The topological polar surface area (TPSA) is 66.9 Å². The lowest BCUT2D eigenvalue weighted by molar-refractivity contribution is -0.114. The average molecular weight is 124 g/mol. The molecule has 0 spiro atoms. The predicted molar refractivity (Wildman–Crippen MR) is 33.2 cm³/mol. The van der Waals surface area contributed by atoms with E-state index in [1.807, 2.05) is 6.92 Å². The van der Waals surface area contributed by atoms with Gasteiger partial charge in [0.15, 0.2) is 0 Å². The van der Waals surface area contributed by atoms with Crippen LogP contribution in [0.1, 0.15) is 13.3 Å². The van der Waals surface area contributed by atoms with E-state index < -0.39 is 5.91 Å². The van der Waals surface area contributed by atoms with Crippen molar-refractivity contribution >= 4 is 5.91 Å². The van der Waals surface area contributed by atoms with Crippen molar-refractivity contribution in [1.82, 2.24) is 0 Å². The molecule has 0 saturated heterocycles. The summed E-state index contributed by atoms with van der Waals surface area (Å²) in [6.07, 6.45) is 2.16. The Morgan fingerprint density at radius 2 is 2.44 bits per heavy atom. The van der Waals surface area contributed by atoms with Gasteiger partial charge in [0.25, 0.3) is 5.91 Å². The minimum absolute atomic E-state index is 0.0394. The van der Waals surface area contributed by atoms with Gasteiger partial charge in [0.1, 0.15) is 11.6 Å². The molecule has 0 aromatic rings. The number of nitriles is 1. The lowest BCUT2D eigenvalue weighted by atomic mass is 10.2. The van der Waals surface area contributed by atoms with Gasteiger partial charge in [0.05, 0.1) is 0 Å². The van der Waals surface area contributed by atoms with Crippen molar-refractivity contribution in [2.45, 2.75) is 13.3 Å². The Balaban J connectivity index is 4.20. The van der Waals surface area contributed by atoms with E-state index in [2.05, 4.69) is 0 Å². The normalized spacial score (nSPS) is 10.4. The Hall–Kier alpha value is -1.30. The third-order valence-electron chi connectivity index (χ3n) is 0.794. The van der Waals surface area contributed by atoms with Gasteiger partial charge in [-0.05, 0) is 6.42 Å². The van der Waals surface area contributed by atoms with Crippen LogP contribution in [0.5, 0.6) is 0 Å². The third-order valence-corrected chi connectivity index (χ3v) is 0.794. The predicted octanol–water partition coefficient (Wildman–Crippen LogP) is 0.332. The highest BCUT2D eigenvalue weighted by atomic mass is 16.1. The molecule has 0 aromatic heterocycles. The number of hydrogen-bond donors (Lipinski definition) is 1. The van der Waals surface area contributed by atoms with Crippen molar-refractivity contribution in [2.24, 2.45) is 5.73 Å². The first-order valence-electron chi connectivity index (χ1n) is 2.62. The van der Waals surface area contributed by atoms with Crippen LogP contribution in [0, 0.1) is 11.3 Å². The summed E-state index contributed by atoms with van der Waals surface area (Å²) >= 11 is 0. The minimum Gasteiger partial charge on any atom is -0.365 e. The highest BCUT2D eigenvalue weighted by molar-refractivity contribution is 5.95. The molecule has 0 aliphatic carbocycles. The zero-order chi connectivity index (χ0) is 7.28. The van der Waals surface area contributed by atoms with Crippen molar-refractivity contribution in [3.8, 4) is 6.07 Å². The van der Waals surface area contributed by atoms with Crippen LogP contribution in [0.2, 0.25) is 0 Å². The summed E-state index contributed by atoms with van der Waals surface area (Å²) in [5, 5.41) is 8.21. The number of hydrogen-bond acceptors (Lipinski definition) is 2. The molecule has 0 aliphatic heterocycles. The summed E-state index contributed by atoms with van der Waals surface area (Å²) in [5.74, 6) is -0.653. The lowest BCUT2D eigenvalue weighted by Crippen LogP contribution is -2.12. The Morgan fingerprint density at radius 3 is 2.56 bits per heavy atom. The van der Waals surface area contributed by atoms with Gasteiger partial charge in [-0.2, -0.15) is 5.26 Å². The van der Waals surface area contributed by atoms with Gasteiger partial charge in [-0.1, -0.05) is 13.0 Å². The summed E-state index contributed by atoms with van der Waals surface area (Å²) in [7, 11) is 0. The zero-order valence-electron chi connectivity index (χ0n) is 5.22. The SMILES string of the molecule is CC/C=C(/C#N)C(N)=O. The molecule has 0 saturated carbocycles. The van der Waals surface area contributed by atoms with E-state index >= 15 is 0 Å². The number of allylic oxidation sites excluding steroid dienone is 1. The second-order valence-corrected chi connectivity index (χ2v) is 1.50. The molecule has 0 bridgehead atoms. The number of primary amides is 1. The minimum atomic E-state index is -0.653. The average Bonchev–Trinajstić information content (AvgIpc) is 1.82. The van der Waals surface area contributed by atoms with Crippen molar-refractivity contribution < 1.29 is 4.79 Å². The van der Waals surface area contributed by atoms with Gasteiger partial charge in [-0.3, -0.25) is 4.79 Å². The fraction of sp³-hybridized carbons (Fsp3) is 0.333. The largest absolute Gasteiger partial charge is 0.365 e. The maximum absolute atomic E-state index is 10.3. The Bertz CT molecular complexity index is 176. The highest BCUT2D eigenvalue weighted by Crippen LogP contribution is 1.91.